The van der Waals surface area contributed by atoms with Gasteiger partial charge >= 0.3 is 0 Å². The van der Waals surface area contributed by atoms with Gasteiger partial charge in [-0.2, -0.15) is 0 Å². The van der Waals surface area contributed by atoms with Crippen LogP contribution in [0.5, 0.6) is 5.75 Å². The molecule has 1 aromatic carbocycles. The summed E-state index contributed by atoms with van der Waals surface area (Å²) in [4.78, 5) is 29.0. The summed E-state index contributed by atoms with van der Waals surface area (Å²) in [5.74, 6) is 0.972. The number of benzene rings is 1. The van der Waals surface area contributed by atoms with Gasteiger partial charge in [0.1, 0.15) is 11.9 Å². The maximum absolute atomic E-state index is 12.7. The van der Waals surface area contributed by atoms with Crippen molar-refractivity contribution >= 4 is 11.8 Å². The van der Waals surface area contributed by atoms with E-state index in [0.717, 1.165) is 11.3 Å². The third kappa shape index (κ3) is 5.23. The van der Waals surface area contributed by atoms with Crippen LogP contribution in [-0.4, -0.2) is 74.2 Å². The van der Waals surface area contributed by atoms with Crippen LogP contribution in [0.3, 0.4) is 0 Å². The average Bonchev–Trinajstić information content (AvgIpc) is 2.77. The number of rotatable bonds is 6. The van der Waals surface area contributed by atoms with Crippen LogP contribution in [0.2, 0.25) is 0 Å². The molecule has 1 aromatic rings. The van der Waals surface area contributed by atoms with Gasteiger partial charge in [-0.15, -0.1) is 0 Å². The normalized spacial score (nSPS) is 19.4. The average molecular weight is 390 g/mol. The molecule has 2 fully saturated rings. The van der Waals surface area contributed by atoms with Crippen LogP contribution in [0.25, 0.3) is 0 Å². The lowest BCUT2D eigenvalue weighted by atomic mass is 9.95. The van der Waals surface area contributed by atoms with Crippen LogP contribution >= 0.6 is 0 Å². The molecule has 0 saturated carbocycles. The van der Waals surface area contributed by atoms with Gasteiger partial charge in [-0.25, -0.2) is 0 Å². The van der Waals surface area contributed by atoms with E-state index in [-0.39, 0.29) is 17.7 Å². The molecule has 0 spiro atoms. The largest absolute Gasteiger partial charge is 0.497 e. The number of carbonyl (C=O) groups excluding carboxylic acids is 2. The highest BCUT2D eigenvalue weighted by Gasteiger charge is 2.32. The Morgan fingerprint density at radius 2 is 1.86 bits per heavy atom. The lowest BCUT2D eigenvalue weighted by Gasteiger charge is -2.36. The molecule has 7 heteroatoms. The highest BCUT2D eigenvalue weighted by atomic mass is 16.5. The number of amides is 2. The van der Waals surface area contributed by atoms with Gasteiger partial charge in [-0.3, -0.25) is 9.59 Å². The zero-order chi connectivity index (χ0) is 19.9. The first-order valence-corrected chi connectivity index (χ1v) is 9.98. The predicted molar refractivity (Wildman–Crippen MR) is 104 cm³/mol. The molecular formula is C21H30N2O5. The smallest absolute Gasteiger partial charge is 0.251 e. The molecular weight excluding hydrogens is 360 g/mol. The number of ether oxygens (including phenoxy) is 3. The van der Waals surface area contributed by atoms with Crippen molar-refractivity contribution < 1.29 is 23.8 Å². The van der Waals surface area contributed by atoms with Crippen molar-refractivity contribution in [1.29, 1.82) is 0 Å². The number of likely N-dealkylation sites (tertiary alicyclic amines) is 1. The summed E-state index contributed by atoms with van der Waals surface area (Å²) < 4.78 is 16.3. The third-order valence-corrected chi connectivity index (χ3v) is 5.46. The molecule has 0 bridgehead atoms. The molecule has 2 heterocycles. The van der Waals surface area contributed by atoms with E-state index in [9.17, 15) is 9.59 Å². The van der Waals surface area contributed by atoms with Crippen LogP contribution in [0, 0.1) is 5.92 Å². The molecule has 2 aliphatic rings. The minimum absolute atomic E-state index is 0.00941. The maximum Gasteiger partial charge on any atom is 0.251 e. The van der Waals surface area contributed by atoms with Crippen molar-refractivity contribution in [1.82, 2.24) is 9.80 Å². The van der Waals surface area contributed by atoms with Crippen molar-refractivity contribution in [2.75, 3.05) is 46.5 Å². The summed E-state index contributed by atoms with van der Waals surface area (Å²) in [5.41, 5.74) is 0.966. The fourth-order valence-electron chi connectivity index (χ4n) is 3.70. The summed E-state index contributed by atoms with van der Waals surface area (Å²) in [7, 11) is 1.62. The van der Waals surface area contributed by atoms with Crippen LogP contribution in [-0.2, 0) is 25.7 Å². The van der Waals surface area contributed by atoms with Gasteiger partial charge in [-0.05, 0) is 37.5 Å². The standard InChI is InChI=1S/C21H30N2O5/c1-16(28-15-17-4-3-5-19(14-17)26-2)20(24)22-8-6-18(7-9-22)21(25)23-10-12-27-13-11-23/h3-5,14,16,18H,6-13,15H2,1-2H3. The van der Waals surface area contributed by atoms with Gasteiger partial charge in [0.15, 0.2) is 0 Å². The number of piperidine rings is 1. The first-order valence-electron chi connectivity index (χ1n) is 9.98. The molecule has 0 radical (unpaired) electrons. The third-order valence-electron chi connectivity index (χ3n) is 5.46. The lowest BCUT2D eigenvalue weighted by Crippen LogP contribution is -2.49. The Bertz CT molecular complexity index is 667. The monoisotopic (exact) mass is 390 g/mol. The Labute approximate surface area is 166 Å². The topological polar surface area (TPSA) is 68.3 Å². The summed E-state index contributed by atoms with van der Waals surface area (Å²) >= 11 is 0. The van der Waals surface area contributed by atoms with Crippen molar-refractivity contribution in [3.8, 4) is 5.75 Å². The molecule has 3 rings (SSSR count). The Balaban J connectivity index is 1.44. The molecule has 7 nitrogen and oxygen atoms in total. The van der Waals surface area contributed by atoms with E-state index in [1.807, 2.05) is 34.1 Å². The molecule has 0 aromatic heterocycles. The van der Waals surface area contributed by atoms with Crippen LogP contribution in [0.1, 0.15) is 25.3 Å². The first-order chi connectivity index (χ1) is 13.6. The highest BCUT2D eigenvalue weighted by Crippen LogP contribution is 2.21. The van der Waals surface area contributed by atoms with E-state index in [4.69, 9.17) is 14.2 Å². The SMILES string of the molecule is COc1cccc(COC(C)C(=O)N2CCC(C(=O)N3CCOCC3)CC2)c1. The summed E-state index contributed by atoms with van der Waals surface area (Å²) in [5, 5.41) is 0. The second-order valence-corrected chi connectivity index (χ2v) is 7.34. The molecule has 1 unspecified atom stereocenters. The van der Waals surface area contributed by atoms with E-state index in [2.05, 4.69) is 0 Å². The zero-order valence-electron chi connectivity index (χ0n) is 16.8. The van der Waals surface area contributed by atoms with E-state index in [1.165, 1.54) is 0 Å². The minimum atomic E-state index is -0.516. The molecule has 0 N–H and O–H groups in total. The van der Waals surface area contributed by atoms with Gasteiger partial charge in [0.2, 0.25) is 5.91 Å². The predicted octanol–water partition coefficient (Wildman–Crippen LogP) is 1.70. The van der Waals surface area contributed by atoms with Crippen LogP contribution in [0.15, 0.2) is 24.3 Å². The fraction of sp³-hybridized carbons (Fsp3) is 0.619. The maximum atomic E-state index is 12.7. The second-order valence-electron chi connectivity index (χ2n) is 7.34. The van der Waals surface area contributed by atoms with Crippen molar-refractivity contribution in [2.24, 2.45) is 5.92 Å². The lowest BCUT2D eigenvalue weighted by molar-refractivity contribution is -0.148. The molecule has 154 valence electrons. The molecule has 2 amide bonds. The van der Waals surface area contributed by atoms with Gasteiger partial charge in [0.05, 0.1) is 26.9 Å². The van der Waals surface area contributed by atoms with Gasteiger partial charge in [0, 0.05) is 32.1 Å². The van der Waals surface area contributed by atoms with Gasteiger partial charge in [0.25, 0.3) is 5.91 Å². The number of carbonyl (C=O) groups is 2. The van der Waals surface area contributed by atoms with E-state index >= 15 is 0 Å². The summed E-state index contributed by atoms with van der Waals surface area (Å²) in [6.45, 7) is 5.93. The Kier molecular flexibility index (Phi) is 7.28. The van der Waals surface area contributed by atoms with Crippen molar-refractivity contribution in [3.63, 3.8) is 0 Å². The zero-order valence-corrected chi connectivity index (χ0v) is 16.8. The Hall–Kier alpha value is -2.12. The van der Waals surface area contributed by atoms with Gasteiger partial charge < -0.3 is 24.0 Å². The summed E-state index contributed by atoms with van der Waals surface area (Å²) in [6.07, 6.45) is 0.910. The van der Waals surface area contributed by atoms with Crippen LogP contribution in [0.4, 0.5) is 0 Å². The Morgan fingerprint density at radius 1 is 1.14 bits per heavy atom. The fourth-order valence-corrected chi connectivity index (χ4v) is 3.70. The minimum Gasteiger partial charge on any atom is -0.497 e. The molecule has 2 aliphatic heterocycles. The van der Waals surface area contributed by atoms with E-state index in [0.29, 0.717) is 58.8 Å². The molecule has 28 heavy (non-hydrogen) atoms. The number of hydrogen-bond acceptors (Lipinski definition) is 5. The van der Waals surface area contributed by atoms with Crippen molar-refractivity contribution in [2.45, 2.75) is 32.5 Å². The number of morpholine rings is 1. The number of nitrogens with zero attached hydrogens (tertiary/aromatic N) is 2. The molecule has 2 saturated heterocycles. The van der Waals surface area contributed by atoms with E-state index in [1.54, 1.807) is 14.0 Å². The number of hydrogen-bond donors (Lipinski definition) is 0. The molecule has 0 aliphatic carbocycles. The first kappa shape index (κ1) is 20.6. The van der Waals surface area contributed by atoms with Gasteiger partial charge in [-0.1, -0.05) is 12.1 Å². The second kappa shape index (κ2) is 9.89. The number of methoxy groups -OCH3 is 1. The van der Waals surface area contributed by atoms with E-state index < -0.39 is 6.10 Å². The highest BCUT2D eigenvalue weighted by molar-refractivity contribution is 5.82. The summed E-state index contributed by atoms with van der Waals surface area (Å²) in [6, 6.07) is 7.63. The van der Waals surface area contributed by atoms with Crippen LogP contribution < -0.4 is 4.74 Å². The molecule has 1 atom stereocenters. The quantitative estimate of drug-likeness (QED) is 0.740. The Morgan fingerprint density at radius 3 is 2.54 bits per heavy atom. The van der Waals surface area contributed by atoms with Crippen molar-refractivity contribution in [3.05, 3.63) is 29.8 Å².